The number of amides is 1. The van der Waals surface area contributed by atoms with Crippen molar-refractivity contribution < 1.29 is 9.53 Å². The number of H-pyrrole nitrogens is 1. The van der Waals surface area contributed by atoms with Crippen molar-refractivity contribution in [2.24, 2.45) is 0 Å². The number of ether oxygens (including phenoxy) is 1. The molecule has 0 saturated carbocycles. The van der Waals surface area contributed by atoms with Crippen LogP contribution in [-0.4, -0.2) is 40.8 Å². The molecule has 6 heteroatoms. The maximum Gasteiger partial charge on any atom is 0.228 e. The van der Waals surface area contributed by atoms with Crippen LogP contribution in [-0.2, 0) is 16.0 Å². The number of carbonyl (C=O) groups excluding carboxylic acids is 1. The summed E-state index contributed by atoms with van der Waals surface area (Å²) in [5.74, 6) is 0.148. The van der Waals surface area contributed by atoms with Crippen molar-refractivity contribution >= 4 is 17.2 Å². The Bertz CT molecular complexity index is 579. The van der Waals surface area contributed by atoms with E-state index >= 15 is 0 Å². The number of nitrogens with one attached hydrogen (secondary N) is 1. The van der Waals surface area contributed by atoms with E-state index in [1.807, 2.05) is 29.3 Å². The topological polar surface area (TPSA) is 58.2 Å². The van der Waals surface area contributed by atoms with Crippen molar-refractivity contribution in [2.45, 2.75) is 19.4 Å². The molecule has 2 aromatic rings. The van der Waals surface area contributed by atoms with Gasteiger partial charge in [-0.05, 0) is 23.9 Å². The van der Waals surface area contributed by atoms with Gasteiger partial charge in [-0.2, -0.15) is 5.10 Å². The van der Waals surface area contributed by atoms with E-state index < -0.39 is 0 Å². The average Bonchev–Trinajstić information content (AvgIpc) is 3.10. The zero-order valence-electron chi connectivity index (χ0n) is 11.3. The molecule has 5 nitrogen and oxygen atoms in total. The molecule has 1 amide bonds. The van der Waals surface area contributed by atoms with Crippen LogP contribution in [0.15, 0.2) is 23.7 Å². The fraction of sp³-hybridized carbons (Fsp3) is 0.429. The summed E-state index contributed by atoms with van der Waals surface area (Å²) in [7, 11) is 0. The minimum Gasteiger partial charge on any atom is -0.377 e. The number of aromatic nitrogens is 2. The summed E-state index contributed by atoms with van der Waals surface area (Å²) in [5.41, 5.74) is 2.04. The first-order valence-electron chi connectivity index (χ1n) is 6.65. The van der Waals surface area contributed by atoms with Gasteiger partial charge in [-0.3, -0.25) is 9.89 Å². The number of hydrogen-bond acceptors (Lipinski definition) is 4. The largest absolute Gasteiger partial charge is 0.377 e. The summed E-state index contributed by atoms with van der Waals surface area (Å²) in [4.78, 5) is 15.5. The highest BCUT2D eigenvalue weighted by molar-refractivity contribution is 7.10. The molecule has 1 aliphatic heterocycles. The number of carbonyl (C=O) groups is 1. The number of rotatable bonds is 3. The smallest absolute Gasteiger partial charge is 0.228 e. The summed E-state index contributed by atoms with van der Waals surface area (Å²) in [6.07, 6.45) is 2.24. The number of thiophene rings is 1. The quantitative estimate of drug-likeness (QED) is 0.940. The first kappa shape index (κ1) is 13.3. The molecule has 106 valence electrons. The Morgan fingerprint density at radius 2 is 2.55 bits per heavy atom. The van der Waals surface area contributed by atoms with E-state index in [-0.39, 0.29) is 11.9 Å². The second kappa shape index (κ2) is 5.76. The third-order valence-electron chi connectivity index (χ3n) is 3.56. The van der Waals surface area contributed by atoms with Gasteiger partial charge >= 0.3 is 0 Å². The lowest BCUT2D eigenvalue weighted by molar-refractivity contribution is -0.139. The summed E-state index contributed by atoms with van der Waals surface area (Å²) < 4.78 is 5.54. The van der Waals surface area contributed by atoms with Crippen molar-refractivity contribution in [2.75, 3.05) is 19.8 Å². The Balaban J connectivity index is 1.78. The van der Waals surface area contributed by atoms with E-state index in [2.05, 4.69) is 10.2 Å². The average molecular weight is 291 g/mol. The van der Waals surface area contributed by atoms with Crippen LogP contribution < -0.4 is 0 Å². The Morgan fingerprint density at radius 3 is 3.25 bits per heavy atom. The van der Waals surface area contributed by atoms with E-state index in [9.17, 15) is 4.79 Å². The maximum absolute atomic E-state index is 12.5. The SMILES string of the molecule is Cc1cn[nH]c1C1COCCN1C(=O)Cc1cccs1. The molecule has 0 spiro atoms. The van der Waals surface area contributed by atoms with Gasteiger partial charge in [-0.15, -0.1) is 11.3 Å². The first-order chi connectivity index (χ1) is 9.75. The molecule has 0 bridgehead atoms. The Kier molecular flexibility index (Phi) is 3.84. The first-order valence-corrected chi connectivity index (χ1v) is 7.53. The van der Waals surface area contributed by atoms with Gasteiger partial charge in [0.25, 0.3) is 0 Å². The summed E-state index contributed by atoms with van der Waals surface area (Å²) in [6, 6.07) is 3.92. The van der Waals surface area contributed by atoms with E-state index in [1.165, 1.54) is 0 Å². The van der Waals surface area contributed by atoms with Gasteiger partial charge in [-0.25, -0.2) is 0 Å². The lowest BCUT2D eigenvalue weighted by atomic mass is 10.1. The lowest BCUT2D eigenvalue weighted by Crippen LogP contribution is -2.44. The van der Waals surface area contributed by atoms with Crippen LogP contribution in [0.5, 0.6) is 0 Å². The Labute approximate surface area is 121 Å². The molecule has 2 aromatic heterocycles. The summed E-state index contributed by atoms with van der Waals surface area (Å²) >= 11 is 1.62. The monoisotopic (exact) mass is 291 g/mol. The number of nitrogens with zero attached hydrogens (tertiary/aromatic N) is 2. The van der Waals surface area contributed by atoms with E-state index in [1.54, 1.807) is 17.5 Å². The van der Waals surface area contributed by atoms with Gasteiger partial charge in [0.1, 0.15) is 0 Å². The molecule has 1 aliphatic rings. The van der Waals surface area contributed by atoms with Gasteiger partial charge in [0.05, 0.1) is 37.6 Å². The molecule has 1 fully saturated rings. The zero-order chi connectivity index (χ0) is 13.9. The molecule has 1 N–H and O–H groups in total. The molecule has 0 radical (unpaired) electrons. The van der Waals surface area contributed by atoms with Gasteiger partial charge < -0.3 is 9.64 Å². The highest BCUT2D eigenvalue weighted by Gasteiger charge is 2.30. The van der Waals surface area contributed by atoms with Crippen LogP contribution in [0.4, 0.5) is 0 Å². The number of aromatic amines is 1. The van der Waals surface area contributed by atoms with Gasteiger partial charge in [0.2, 0.25) is 5.91 Å². The van der Waals surface area contributed by atoms with Crippen molar-refractivity contribution in [3.05, 3.63) is 39.8 Å². The van der Waals surface area contributed by atoms with Crippen LogP contribution in [0.2, 0.25) is 0 Å². The van der Waals surface area contributed by atoms with Crippen molar-refractivity contribution in [1.29, 1.82) is 0 Å². The van der Waals surface area contributed by atoms with Crippen LogP contribution in [0.1, 0.15) is 22.2 Å². The standard InChI is InChI=1S/C14H17N3O2S/c1-10-8-15-16-14(10)12-9-19-5-4-17(12)13(18)7-11-3-2-6-20-11/h2-3,6,8,12H,4-5,7,9H2,1H3,(H,15,16). The maximum atomic E-state index is 12.5. The van der Waals surface area contributed by atoms with Crippen molar-refractivity contribution in [3.63, 3.8) is 0 Å². The Morgan fingerprint density at radius 1 is 1.65 bits per heavy atom. The molecule has 1 atom stereocenters. The zero-order valence-corrected chi connectivity index (χ0v) is 12.2. The van der Waals surface area contributed by atoms with E-state index in [0.717, 1.165) is 16.1 Å². The fourth-order valence-corrected chi connectivity index (χ4v) is 3.19. The van der Waals surface area contributed by atoms with Crippen LogP contribution in [0.25, 0.3) is 0 Å². The van der Waals surface area contributed by atoms with Crippen LogP contribution in [0, 0.1) is 6.92 Å². The fourth-order valence-electron chi connectivity index (χ4n) is 2.50. The number of hydrogen-bond donors (Lipinski definition) is 1. The lowest BCUT2D eigenvalue weighted by Gasteiger charge is -2.35. The number of morpholine rings is 1. The minimum absolute atomic E-state index is 0.0567. The summed E-state index contributed by atoms with van der Waals surface area (Å²) in [6.45, 7) is 3.75. The van der Waals surface area contributed by atoms with Crippen molar-refractivity contribution in [3.8, 4) is 0 Å². The van der Waals surface area contributed by atoms with Gasteiger partial charge in [0, 0.05) is 11.4 Å². The molecule has 1 unspecified atom stereocenters. The highest BCUT2D eigenvalue weighted by atomic mass is 32.1. The Hall–Kier alpha value is -1.66. The molecule has 0 aromatic carbocycles. The molecule has 1 saturated heterocycles. The normalized spacial score (nSPS) is 19.2. The van der Waals surface area contributed by atoms with E-state index in [4.69, 9.17) is 4.74 Å². The third-order valence-corrected chi connectivity index (χ3v) is 4.43. The van der Waals surface area contributed by atoms with Crippen LogP contribution >= 0.6 is 11.3 Å². The molecule has 3 rings (SSSR count). The van der Waals surface area contributed by atoms with E-state index in [0.29, 0.717) is 26.2 Å². The second-order valence-corrected chi connectivity index (χ2v) is 5.93. The highest BCUT2D eigenvalue weighted by Crippen LogP contribution is 2.26. The van der Waals surface area contributed by atoms with Crippen LogP contribution in [0.3, 0.4) is 0 Å². The number of aryl methyl sites for hydroxylation is 1. The second-order valence-electron chi connectivity index (χ2n) is 4.90. The molecule has 0 aliphatic carbocycles. The minimum atomic E-state index is -0.0567. The third kappa shape index (κ3) is 2.62. The predicted octanol–water partition coefficient (Wildman–Crippen LogP) is 1.92. The molecule has 20 heavy (non-hydrogen) atoms. The predicted molar refractivity (Wildman–Crippen MR) is 76.6 cm³/mol. The summed E-state index contributed by atoms with van der Waals surface area (Å²) in [5, 5.41) is 9.05. The van der Waals surface area contributed by atoms with Gasteiger partial charge in [0.15, 0.2) is 0 Å². The molecule has 3 heterocycles. The molecular formula is C14H17N3O2S. The van der Waals surface area contributed by atoms with Gasteiger partial charge in [-0.1, -0.05) is 6.07 Å². The molecular weight excluding hydrogens is 274 g/mol. The van der Waals surface area contributed by atoms with Crippen molar-refractivity contribution in [1.82, 2.24) is 15.1 Å².